The van der Waals surface area contributed by atoms with E-state index >= 15 is 0 Å². The van der Waals surface area contributed by atoms with Crippen molar-refractivity contribution in [1.29, 1.82) is 0 Å². The lowest BCUT2D eigenvalue weighted by molar-refractivity contribution is -0.114. The van der Waals surface area contributed by atoms with E-state index in [2.05, 4.69) is 5.32 Å². The maximum atomic E-state index is 14.9. The lowest BCUT2D eigenvalue weighted by Gasteiger charge is -2.26. The van der Waals surface area contributed by atoms with E-state index in [1.807, 2.05) is 0 Å². The third-order valence-electron chi connectivity index (χ3n) is 6.40. The molecular weight excluding hydrogens is 593 g/mol. The lowest BCUT2D eigenvalue weighted by Crippen LogP contribution is -2.40. The van der Waals surface area contributed by atoms with Gasteiger partial charge in [-0.25, -0.2) is 21.2 Å². The van der Waals surface area contributed by atoms with Crippen molar-refractivity contribution in [1.82, 2.24) is 4.31 Å². The van der Waals surface area contributed by atoms with E-state index in [0.29, 0.717) is 4.31 Å². The van der Waals surface area contributed by atoms with Gasteiger partial charge in [-0.15, -0.1) is 0 Å². The average Bonchev–Trinajstić information content (AvgIpc) is 3.00. The molecule has 0 radical (unpaired) electrons. The van der Waals surface area contributed by atoms with Crippen LogP contribution in [0.15, 0.2) is 70.5 Å². The Morgan fingerprint density at radius 2 is 1.50 bits per heavy atom. The van der Waals surface area contributed by atoms with Crippen molar-refractivity contribution >= 4 is 37.3 Å². The van der Waals surface area contributed by atoms with Crippen LogP contribution in [0, 0.1) is 5.82 Å². The van der Waals surface area contributed by atoms with Crippen molar-refractivity contribution in [3.63, 3.8) is 0 Å². The minimum atomic E-state index is -4.53. The Bertz CT molecular complexity index is 1660. The number of hydrogen-bond acceptors (Lipinski definition) is 9. The Morgan fingerprint density at radius 1 is 0.881 bits per heavy atom. The number of amides is 1. The van der Waals surface area contributed by atoms with E-state index in [4.69, 9.17) is 18.9 Å². The summed E-state index contributed by atoms with van der Waals surface area (Å²) < 4.78 is 91.6. The molecular formula is C27H30FN3O9S2. The molecule has 1 saturated heterocycles. The number of sulfonamides is 2. The highest BCUT2D eigenvalue weighted by Crippen LogP contribution is 2.34. The molecule has 3 aromatic rings. The number of carbonyl (C=O) groups is 1. The number of carbonyl (C=O) groups excluding carboxylic acids is 1. The summed E-state index contributed by atoms with van der Waals surface area (Å²) in [6, 6.07) is 12.8. The fraction of sp³-hybridized carbons (Fsp3) is 0.296. The van der Waals surface area contributed by atoms with Crippen LogP contribution in [0.2, 0.25) is 0 Å². The highest BCUT2D eigenvalue weighted by atomic mass is 32.2. The molecule has 226 valence electrons. The molecule has 3 aromatic carbocycles. The summed E-state index contributed by atoms with van der Waals surface area (Å²) >= 11 is 0. The Balaban J connectivity index is 1.69. The molecule has 0 unspecified atom stereocenters. The number of nitrogens with one attached hydrogen (secondary N) is 1. The van der Waals surface area contributed by atoms with E-state index in [1.165, 1.54) is 80.2 Å². The van der Waals surface area contributed by atoms with E-state index in [1.54, 1.807) is 0 Å². The number of hydrogen-bond donors (Lipinski definition) is 1. The van der Waals surface area contributed by atoms with Gasteiger partial charge in [0.05, 0.1) is 55.7 Å². The molecule has 0 spiro atoms. The molecule has 15 heteroatoms. The monoisotopic (exact) mass is 623 g/mol. The number of halogens is 1. The number of para-hydroxylation sites is 1. The smallest absolute Gasteiger partial charge is 0.265 e. The van der Waals surface area contributed by atoms with E-state index in [0.717, 1.165) is 6.07 Å². The maximum absolute atomic E-state index is 14.9. The summed E-state index contributed by atoms with van der Waals surface area (Å²) in [5.41, 5.74) is -0.396. The van der Waals surface area contributed by atoms with Crippen LogP contribution in [0.3, 0.4) is 0 Å². The third-order valence-corrected chi connectivity index (χ3v) is 10.1. The molecule has 1 fully saturated rings. The number of morpholine rings is 1. The molecule has 1 amide bonds. The Kier molecular flexibility index (Phi) is 9.56. The first-order valence-corrected chi connectivity index (χ1v) is 15.5. The number of benzene rings is 3. The minimum absolute atomic E-state index is 0.0196. The van der Waals surface area contributed by atoms with Gasteiger partial charge in [0, 0.05) is 19.2 Å². The van der Waals surface area contributed by atoms with Crippen molar-refractivity contribution < 1.29 is 45.0 Å². The summed E-state index contributed by atoms with van der Waals surface area (Å²) in [5.74, 6) is -1.26. The van der Waals surface area contributed by atoms with Gasteiger partial charge in [0.25, 0.3) is 10.0 Å². The van der Waals surface area contributed by atoms with Gasteiger partial charge in [0.1, 0.15) is 18.1 Å². The molecule has 0 atom stereocenters. The first-order chi connectivity index (χ1) is 20.0. The quantitative estimate of drug-likeness (QED) is 0.341. The highest BCUT2D eigenvalue weighted by molar-refractivity contribution is 7.92. The van der Waals surface area contributed by atoms with Crippen molar-refractivity contribution in [2.24, 2.45) is 0 Å². The van der Waals surface area contributed by atoms with Gasteiger partial charge < -0.3 is 24.3 Å². The molecule has 42 heavy (non-hydrogen) atoms. The number of rotatable bonds is 11. The van der Waals surface area contributed by atoms with E-state index < -0.39 is 38.3 Å². The second kappa shape index (κ2) is 12.9. The first kappa shape index (κ1) is 31.0. The van der Waals surface area contributed by atoms with Crippen LogP contribution in [-0.2, 0) is 29.6 Å². The molecule has 1 aliphatic heterocycles. The predicted octanol–water partition coefficient (Wildman–Crippen LogP) is 2.71. The molecule has 1 aliphatic rings. The van der Waals surface area contributed by atoms with Gasteiger partial charge in [0.15, 0.2) is 11.5 Å². The zero-order chi connectivity index (χ0) is 30.5. The highest BCUT2D eigenvalue weighted by Gasteiger charge is 2.31. The van der Waals surface area contributed by atoms with Crippen molar-refractivity contribution in [3.8, 4) is 17.2 Å². The van der Waals surface area contributed by atoms with Gasteiger partial charge in [0.2, 0.25) is 15.9 Å². The number of ether oxygens (including phenoxy) is 4. The van der Waals surface area contributed by atoms with Gasteiger partial charge in [-0.2, -0.15) is 4.31 Å². The summed E-state index contributed by atoms with van der Waals surface area (Å²) in [6.45, 7) is -0.0245. The summed E-state index contributed by atoms with van der Waals surface area (Å²) in [7, 11) is -4.41. The largest absolute Gasteiger partial charge is 0.495 e. The first-order valence-electron chi connectivity index (χ1n) is 12.6. The van der Waals surface area contributed by atoms with Crippen LogP contribution in [0.5, 0.6) is 17.2 Å². The molecule has 0 aromatic heterocycles. The fourth-order valence-electron chi connectivity index (χ4n) is 4.26. The molecule has 0 bridgehead atoms. The van der Waals surface area contributed by atoms with Gasteiger partial charge >= 0.3 is 0 Å². The topological polar surface area (TPSA) is 141 Å². The van der Waals surface area contributed by atoms with Crippen molar-refractivity contribution in [2.75, 3.05) is 63.8 Å². The molecule has 0 aliphatic carbocycles. The SMILES string of the molecule is COc1ccc(S(=O)(=O)N2CCOCC2)cc1NC(=O)CN(c1ccccc1F)S(=O)(=O)c1ccc(OC)c(OC)c1. The maximum Gasteiger partial charge on any atom is 0.265 e. The zero-order valence-corrected chi connectivity index (χ0v) is 24.7. The second-order valence-corrected chi connectivity index (χ2v) is 12.7. The average molecular weight is 624 g/mol. The molecule has 1 heterocycles. The van der Waals surface area contributed by atoms with E-state index in [9.17, 15) is 26.0 Å². The molecule has 1 N–H and O–H groups in total. The van der Waals surface area contributed by atoms with Gasteiger partial charge in [-0.1, -0.05) is 12.1 Å². The van der Waals surface area contributed by atoms with Crippen LogP contribution in [-0.4, -0.2) is 81.2 Å². The van der Waals surface area contributed by atoms with Crippen molar-refractivity contribution in [3.05, 3.63) is 66.5 Å². The molecule has 0 saturated carbocycles. The summed E-state index contributed by atoms with van der Waals surface area (Å²) in [5, 5.41) is 2.52. The van der Waals surface area contributed by atoms with Crippen LogP contribution < -0.4 is 23.8 Å². The van der Waals surface area contributed by atoms with Gasteiger partial charge in [-0.3, -0.25) is 9.10 Å². The molecule has 4 rings (SSSR count). The summed E-state index contributed by atoms with van der Waals surface area (Å²) in [6.07, 6.45) is 0. The lowest BCUT2D eigenvalue weighted by atomic mass is 10.3. The normalized spacial score (nSPS) is 14.2. The van der Waals surface area contributed by atoms with E-state index in [-0.39, 0.29) is 64.7 Å². The van der Waals surface area contributed by atoms with Crippen LogP contribution in [0.4, 0.5) is 15.8 Å². The van der Waals surface area contributed by atoms with Crippen LogP contribution in [0.1, 0.15) is 0 Å². The predicted molar refractivity (Wildman–Crippen MR) is 152 cm³/mol. The van der Waals surface area contributed by atoms with Gasteiger partial charge in [-0.05, 0) is 42.5 Å². The number of nitrogens with zero attached hydrogens (tertiary/aromatic N) is 2. The molecule has 12 nitrogen and oxygen atoms in total. The standard InChI is InChI=1S/C27H30FN3O9S2/c1-37-24-10-8-19(41(33,34)30-12-14-40-15-13-30)16-22(24)29-27(32)18-31(23-7-5-4-6-21(23)28)42(35,36)20-9-11-25(38-2)26(17-20)39-3/h4-11,16-17H,12-15,18H2,1-3H3,(H,29,32). The minimum Gasteiger partial charge on any atom is -0.495 e. The second-order valence-electron chi connectivity index (χ2n) is 8.91. The Labute approximate surface area is 243 Å². The number of anilines is 2. The third kappa shape index (κ3) is 6.43. The fourth-order valence-corrected chi connectivity index (χ4v) is 7.14. The van der Waals surface area contributed by atoms with Crippen LogP contribution in [0.25, 0.3) is 0 Å². The number of methoxy groups -OCH3 is 3. The Morgan fingerprint density at radius 3 is 2.14 bits per heavy atom. The zero-order valence-electron chi connectivity index (χ0n) is 23.1. The van der Waals surface area contributed by atoms with Crippen LogP contribution >= 0.6 is 0 Å². The summed E-state index contributed by atoms with van der Waals surface area (Å²) in [4.78, 5) is 12.9. The Hall–Kier alpha value is -3.92. The van der Waals surface area contributed by atoms with Crippen molar-refractivity contribution in [2.45, 2.75) is 9.79 Å².